The van der Waals surface area contributed by atoms with Crippen LogP contribution in [0.5, 0.6) is 0 Å². The van der Waals surface area contributed by atoms with Gasteiger partial charge in [0, 0.05) is 24.8 Å². The predicted molar refractivity (Wildman–Crippen MR) is 75.1 cm³/mol. The fourth-order valence-electron chi connectivity index (χ4n) is 2.73. The van der Waals surface area contributed by atoms with Crippen LogP contribution >= 0.6 is 11.8 Å². The average Bonchev–Trinajstić information content (AvgIpc) is 3.08. The van der Waals surface area contributed by atoms with E-state index in [0.29, 0.717) is 0 Å². The van der Waals surface area contributed by atoms with E-state index in [0.717, 1.165) is 24.4 Å². The van der Waals surface area contributed by atoms with Crippen LogP contribution < -0.4 is 0 Å². The zero-order valence-electron chi connectivity index (χ0n) is 10.3. The maximum Gasteiger partial charge on any atom is 0.0981 e. The van der Waals surface area contributed by atoms with E-state index in [4.69, 9.17) is 0 Å². The second kappa shape index (κ2) is 5.07. The molecular formula is C15H16N2S. The Labute approximate surface area is 112 Å². The number of likely N-dealkylation sites (tertiary alicyclic amines) is 1. The van der Waals surface area contributed by atoms with E-state index in [-0.39, 0.29) is 5.92 Å². The van der Waals surface area contributed by atoms with Crippen molar-refractivity contribution in [1.82, 2.24) is 4.90 Å². The van der Waals surface area contributed by atoms with Crippen LogP contribution in [-0.2, 0) is 0 Å². The van der Waals surface area contributed by atoms with Gasteiger partial charge in [0.1, 0.15) is 0 Å². The summed E-state index contributed by atoms with van der Waals surface area (Å²) >= 11 is 1.86. The summed E-state index contributed by atoms with van der Waals surface area (Å²) in [6.07, 6.45) is 2.53. The molecule has 1 atom stereocenters. The van der Waals surface area contributed by atoms with Crippen molar-refractivity contribution >= 4 is 11.8 Å². The van der Waals surface area contributed by atoms with Gasteiger partial charge in [0.15, 0.2) is 0 Å². The third kappa shape index (κ3) is 2.02. The Balaban J connectivity index is 1.92. The van der Waals surface area contributed by atoms with Gasteiger partial charge in [0.25, 0.3) is 0 Å². The Morgan fingerprint density at radius 1 is 1.17 bits per heavy atom. The highest BCUT2D eigenvalue weighted by Crippen LogP contribution is 2.43. The Morgan fingerprint density at radius 2 is 1.89 bits per heavy atom. The van der Waals surface area contributed by atoms with Crippen LogP contribution in [0.1, 0.15) is 24.3 Å². The standard InChI is InChI=1S/C15H16N2S/c16-10-13-14(12-6-2-1-3-7-12)11-18-15(13)17-8-4-5-9-17/h1-3,6-7,14H,4-5,8-9,11H2. The number of hydrogen-bond acceptors (Lipinski definition) is 3. The van der Waals surface area contributed by atoms with Crippen molar-refractivity contribution in [2.75, 3.05) is 18.8 Å². The Hall–Kier alpha value is -1.40. The molecule has 0 bridgehead atoms. The molecule has 0 saturated carbocycles. The van der Waals surface area contributed by atoms with Gasteiger partial charge in [-0.2, -0.15) is 5.26 Å². The summed E-state index contributed by atoms with van der Waals surface area (Å²) < 4.78 is 0. The number of nitrogens with zero attached hydrogens (tertiary/aromatic N) is 2. The van der Waals surface area contributed by atoms with E-state index in [2.05, 4.69) is 35.2 Å². The molecule has 2 heterocycles. The Morgan fingerprint density at radius 3 is 2.56 bits per heavy atom. The summed E-state index contributed by atoms with van der Waals surface area (Å²) in [5.74, 6) is 1.30. The first kappa shape index (κ1) is 11.7. The zero-order valence-corrected chi connectivity index (χ0v) is 11.1. The first-order valence-corrected chi connectivity index (χ1v) is 7.45. The molecule has 92 valence electrons. The highest BCUT2D eigenvalue weighted by Gasteiger charge is 2.31. The van der Waals surface area contributed by atoms with Crippen molar-refractivity contribution in [1.29, 1.82) is 5.26 Å². The maximum absolute atomic E-state index is 9.48. The lowest BCUT2D eigenvalue weighted by Gasteiger charge is -2.18. The minimum Gasteiger partial charge on any atom is -0.366 e. The van der Waals surface area contributed by atoms with Crippen molar-refractivity contribution < 1.29 is 0 Å². The van der Waals surface area contributed by atoms with Crippen LogP contribution in [0.25, 0.3) is 0 Å². The topological polar surface area (TPSA) is 27.0 Å². The van der Waals surface area contributed by atoms with Crippen LogP contribution in [0.2, 0.25) is 0 Å². The fourth-order valence-corrected chi connectivity index (χ4v) is 4.12. The van der Waals surface area contributed by atoms with Crippen LogP contribution in [0, 0.1) is 11.3 Å². The predicted octanol–water partition coefficient (Wildman–Crippen LogP) is 3.35. The van der Waals surface area contributed by atoms with Crippen LogP contribution in [-0.4, -0.2) is 23.7 Å². The van der Waals surface area contributed by atoms with Crippen LogP contribution in [0.3, 0.4) is 0 Å². The van der Waals surface area contributed by atoms with Gasteiger partial charge in [-0.05, 0) is 18.4 Å². The highest BCUT2D eigenvalue weighted by molar-refractivity contribution is 8.03. The maximum atomic E-state index is 9.48. The summed E-state index contributed by atoms with van der Waals surface area (Å²) in [7, 11) is 0. The van der Waals surface area contributed by atoms with Crippen molar-refractivity contribution in [3.05, 3.63) is 46.5 Å². The summed E-state index contributed by atoms with van der Waals surface area (Å²) in [6.45, 7) is 2.24. The highest BCUT2D eigenvalue weighted by atomic mass is 32.2. The van der Waals surface area contributed by atoms with Gasteiger partial charge in [0.05, 0.1) is 16.7 Å². The van der Waals surface area contributed by atoms with Crippen LogP contribution in [0.15, 0.2) is 40.9 Å². The molecule has 1 unspecified atom stereocenters. The lowest BCUT2D eigenvalue weighted by atomic mass is 9.94. The molecule has 0 spiro atoms. The normalized spacial score (nSPS) is 23.5. The van der Waals surface area contributed by atoms with E-state index >= 15 is 0 Å². The molecule has 3 rings (SSSR count). The molecule has 0 N–H and O–H groups in total. The SMILES string of the molecule is N#CC1=C(N2CCCC2)SCC1c1ccccc1. The molecule has 2 aliphatic rings. The third-order valence-electron chi connectivity index (χ3n) is 3.68. The molecule has 1 aromatic carbocycles. The van der Waals surface area contributed by atoms with Gasteiger partial charge in [-0.1, -0.05) is 30.3 Å². The molecule has 0 aromatic heterocycles. The van der Waals surface area contributed by atoms with E-state index in [1.807, 2.05) is 17.8 Å². The number of rotatable bonds is 2. The second-order valence-corrected chi connectivity index (χ2v) is 5.81. The molecule has 1 fully saturated rings. The number of allylic oxidation sites excluding steroid dienone is 1. The minimum absolute atomic E-state index is 0.289. The van der Waals surface area contributed by atoms with Gasteiger partial charge in [-0.15, -0.1) is 11.8 Å². The summed E-state index contributed by atoms with van der Waals surface area (Å²) in [5.41, 5.74) is 2.25. The molecule has 0 aliphatic carbocycles. The second-order valence-electron chi connectivity index (χ2n) is 4.80. The van der Waals surface area contributed by atoms with E-state index in [1.165, 1.54) is 23.4 Å². The molecule has 3 heteroatoms. The molecule has 0 radical (unpaired) electrons. The summed E-state index contributed by atoms with van der Waals surface area (Å²) in [6, 6.07) is 12.9. The number of thioether (sulfide) groups is 1. The summed E-state index contributed by atoms with van der Waals surface area (Å²) in [4.78, 5) is 2.40. The molecule has 18 heavy (non-hydrogen) atoms. The minimum atomic E-state index is 0.289. The Kier molecular flexibility index (Phi) is 3.29. The van der Waals surface area contributed by atoms with Gasteiger partial charge in [-0.25, -0.2) is 0 Å². The molecule has 1 aromatic rings. The molecular weight excluding hydrogens is 240 g/mol. The monoisotopic (exact) mass is 256 g/mol. The lowest BCUT2D eigenvalue weighted by molar-refractivity contribution is 0.454. The first-order valence-electron chi connectivity index (χ1n) is 6.47. The van der Waals surface area contributed by atoms with Crippen molar-refractivity contribution in [2.45, 2.75) is 18.8 Å². The number of nitriles is 1. The summed E-state index contributed by atoms with van der Waals surface area (Å²) in [5, 5.41) is 10.7. The van der Waals surface area contributed by atoms with Crippen molar-refractivity contribution in [2.24, 2.45) is 0 Å². The largest absolute Gasteiger partial charge is 0.366 e. The average molecular weight is 256 g/mol. The number of benzene rings is 1. The molecule has 2 nitrogen and oxygen atoms in total. The molecule has 2 aliphatic heterocycles. The zero-order chi connectivity index (χ0) is 12.4. The lowest BCUT2D eigenvalue weighted by Crippen LogP contribution is -2.16. The smallest absolute Gasteiger partial charge is 0.0981 e. The van der Waals surface area contributed by atoms with Gasteiger partial charge in [-0.3, -0.25) is 0 Å². The third-order valence-corrected chi connectivity index (χ3v) is 4.93. The van der Waals surface area contributed by atoms with Gasteiger partial charge in [0.2, 0.25) is 0 Å². The van der Waals surface area contributed by atoms with Gasteiger partial charge < -0.3 is 4.90 Å². The van der Waals surface area contributed by atoms with Gasteiger partial charge >= 0.3 is 0 Å². The van der Waals surface area contributed by atoms with E-state index in [9.17, 15) is 5.26 Å². The fraction of sp³-hybridized carbons (Fsp3) is 0.400. The molecule has 1 saturated heterocycles. The molecule has 0 amide bonds. The number of hydrogen-bond donors (Lipinski definition) is 0. The van der Waals surface area contributed by atoms with Crippen LogP contribution in [0.4, 0.5) is 0 Å². The quantitative estimate of drug-likeness (QED) is 0.812. The van der Waals surface area contributed by atoms with Crippen molar-refractivity contribution in [3.63, 3.8) is 0 Å². The van der Waals surface area contributed by atoms with E-state index < -0.39 is 0 Å². The first-order chi connectivity index (χ1) is 8.90. The van der Waals surface area contributed by atoms with E-state index in [1.54, 1.807) is 0 Å². The Bertz CT molecular complexity index is 495. The van der Waals surface area contributed by atoms with Crippen molar-refractivity contribution in [3.8, 4) is 6.07 Å².